The van der Waals surface area contributed by atoms with E-state index < -0.39 is 26.6 Å². The molecule has 0 bridgehead atoms. The van der Waals surface area contributed by atoms with E-state index in [0.717, 1.165) is 83.5 Å². The quantitative estimate of drug-likeness (QED) is 0.0212. The Hall–Kier alpha value is -1.77. The summed E-state index contributed by atoms with van der Waals surface area (Å²) in [5.74, 6) is -0.561. The summed E-state index contributed by atoms with van der Waals surface area (Å²) in [7, 11) is 1.18. The van der Waals surface area contributed by atoms with Crippen molar-refractivity contribution in [1.82, 2.24) is 5.32 Å². The first-order chi connectivity index (χ1) is 33.4. The van der Waals surface area contributed by atoms with E-state index in [1.165, 1.54) is 154 Å². The summed E-state index contributed by atoms with van der Waals surface area (Å²) in [6, 6.07) is -0.895. The van der Waals surface area contributed by atoms with Crippen molar-refractivity contribution in [2.24, 2.45) is 0 Å². The highest BCUT2D eigenvalue weighted by atomic mass is 31.2. The lowest BCUT2D eigenvalue weighted by Gasteiger charge is -2.30. The molecule has 406 valence electrons. The molecular weight excluding hydrogens is 880 g/mol. The average molecular weight is 994 g/mol. The van der Waals surface area contributed by atoms with Crippen molar-refractivity contribution in [3.63, 3.8) is 0 Å². The molecule has 0 heterocycles. The highest BCUT2D eigenvalue weighted by Crippen LogP contribution is 2.38. The first-order valence-electron chi connectivity index (χ1n) is 29.3. The second kappa shape index (κ2) is 49.8. The molecule has 3 unspecified atom stereocenters. The van der Waals surface area contributed by atoms with Crippen LogP contribution in [-0.2, 0) is 27.9 Å². The molecule has 0 aliphatic carbocycles. The van der Waals surface area contributed by atoms with Crippen LogP contribution in [0.15, 0.2) is 36.5 Å². The number of amides is 1. The minimum absolute atomic E-state index is 0.0247. The van der Waals surface area contributed by atoms with Crippen LogP contribution < -0.4 is 10.2 Å². The Labute approximate surface area is 427 Å². The zero-order valence-corrected chi connectivity index (χ0v) is 47.2. The molecule has 10 heteroatoms. The van der Waals surface area contributed by atoms with Crippen LogP contribution in [0.25, 0.3) is 0 Å². The van der Waals surface area contributed by atoms with Crippen LogP contribution in [0, 0.1) is 0 Å². The number of hydrogen-bond donors (Lipinski definition) is 1. The second-order valence-corrected chi connectivity index (χ2v) is 22.6. The fourth-order valence-electron chi connectivity index (χ4n) is 8.45. The molecule has 0 fully saturated rings. The molecule has 0 radical (unpaired) electrons. The fourth-order valence-corrected chi connectivity index (χ4v) is 9.18. The maximum Gasteiger partial charge on any atom is 0.306 e. The number of carbonyl (C=O) groups excluding carboxylic acids is 2. The monoisotopic (exact) mass is 993 g/mol. The van der Waals surface area contributed by atoms with Crippen molar-refractivity contribution in [3.8, 4) is 0 Å². The van der Waals surface area contributed by atoms with Gasteiger partial charge in [0.2, 0.25) is 5.91 Å². The van der Waals surface area contributed by atoms with E-state index in [1.54, 1.807) is 0 Å². The lowest BCUT2D eigenvalue weighted by molar-refractivity contribution is -0.870. The molecule has 0 spiro atoms. The SMILES string of the molecule is CCCCCCCCC/C=C\CCCCCC(=O)OC(/C=C/CCCCCCCCCCCCC)C(COP(=O)([O-])OCC[N+](C)(C)C)NC(=O)CCCCCCC/C=C/CCCCCCCCC. The summed E-state index contributed by atoms with van der Waals surface area (Å²) in [4.78, 5) is 39.8. The summed E-state index contributed by atoms with van der Waals surface area (Å²) in [6.07, 6.45) is 58.2. The third-order valence-corrected chi connectivity index (χ3v) is 14.0. The fraction of sp³-hybridized carbons (Fsp3) is 0.864. The van der Waals surface area contributed by atoms with E-state index in [4.69, 9.17) is 13.8 Å². The number of carbonyl (C=O) groups is 2. The number of unbranched alkanes of at least 4 members (excludes halogenated alkanes) is 33. The number of nitrogens with one attached hydrogen (secondary N) is 1. The summed E-state index contributed by atoms with van der Waals surface area (Å²) in [5, 5.41) is 3.02. The molecule has 9 nitrogen and oxygen atoms in total. The van der Waals surface area contributed by atoms with E-state index in [1.807, 2.05) is 33.3 Å². The van der Waals surface area contributed by atoms with E-state index >= 15 is 0 Å². The van der Waals surface area contributed by atoms with E-state index in [-0.39, 0.29) is 24.9 Å². The molecule has 1 N–H and O–H groups in total. The molecule has 0 rings (SSSR count). The first kappa shape index (κ1) is 67.2. The minimum Gasteiger partial charge on any atom is -0.756 e. The van der Waals surface area contributed by atoms with E-state index in [2.05, 4.69) is 50.4 Å². The van der Waals surface area contributed by atoms with Crippen LogP contribution in [0.1, 0.15) is 278 Å². The topological polar surface area (TPSA) is 114 Å². The van der Waals surface area contributed by atoms with Gasteiger partial charge in [0.1, 0.15) is 19.3 Å². The molecular formula is C59H113N2O7P. The number of allylic oxidation sites excluding steroid dienone is 5. The Morgan fingerprint density at radius 2 is 0.841 bits per heavy atom. The van der Waals surface area contributed by atoms with Gasteiger partial charge >= 0.3 is 5.97 Å². The molecule has 0 saturated heterocycles. The molecule has 0 aliphatic rings. The zero-order chi connectivity index (χ0) is 50.8. The zero-order valence-electron chi connectivity index (χ0n) is 46.3. The van der Waals surface area contributed by atoms with E-state index in [9.17, 15) is 19.0 Å². The maximum absolute atomic E-state index is 13.5. The largest absolute Gasteiger partial charge is 0.756 e. The number of nitrogens with zero attached hydrogens (tertiary/aromatic N) is 1. The highest BCUT2D eigenvalue weighted by Gasteiger charge is 2.27. The molecule has 0 saturated carbocycles. The summed E-state index contributed by atoms with van der Waals surface area (Å²) in [5.41, 5.74) is 0. The van der Waals surface area contributed by atoms with Crippen LogP contribution in [-0.4, -0.2) is 69.4 Å². The molecule has 1 amide bonds. The summed E-state index contributed by atoms with van der Waals surface area (Å²) >= 11 is 0. The second-order valence-electron chi connectivity index (χ2n) is 21.1. The number of phosphoric ester groups is 1. The van der Waals surface area contributed by atoms with Crippen LogP contribution in [0.4, 0.5) is 0 Å². The van der Waals surface area contributed by atoms with Crippen LogP contribution in [0.5, 0.6) is 0 Å². The van der Waals surface area contributed by atoms with Gasteiger partial charge in [0, 0.05) is 12.8 Å². The summed E-state index contributed by atoms with van der Waals surface area (Å²) in [6.45, 7) is 6.84. The molecule has 0 aromatic heterocycles. The number of rotatable bonds is 53. The molecule has 0 aliphatic heterocycles. The van der Waals surface area contributed by atoms with Gasteiger partial charge in [-0.3, -0.25) is 14.2 Å². The van der Waals surface area contributed by atoms with Gasteiger partial charge in [-0.05, 0) is 83.1 Å². The standard InChI is InChI=1S/C59H113N2O7P/c1-7-10-13-16-19-22-25-28-30-31-33-36-39-42-45-48-51-58(62)60-56(55-67-69(64,65)66-54-53-61(4,5)6)57(50-47-44-41-38-35-32-27-24-21-18-15-12-9-3)68-59(63)52-49-46-43-40-37-34-29-26-23-20-17-14-11-8-2/h30-31,34,37,47,50,56-57H,7-29,32-33,35-36,38-46,48-49,51-55H2,1-6H3,(H-,60,62,64,65)/b31-30+,37-34-,50-47+. The normalized spacial score (nSPS) is 14.0. The Bertz CT molecular complexity index is 1280. The van der Waals surface area contributed by atoms with Crippen molar-refractivity contribution in [2.45, 2.75) is 290 Å². The number of hydrogen-bond acceptors (Lipinski definition) is 7. The van der Waals surface area contributed by atoms with Gasteiger partial charge in [0.05, 0.1) is 33.8 Å². The van der Waals surface area contributed by atoms with Crippen molar-refractivity contribution >= 4 is 19.7 Å². The smallest absolute Gasteiger partial charge is 0.306 e. The van der Waals surface area contributed by atoms with Crippen LogP contribution in [0.3, 0.4) is 0 Å². The Kier molecular flexibility index (Phi) is 48.5. The van der Waals surface area contributed by atoms with E-state index in [0.29, 0.717) is 23.9 Å². The number of quaternary nitrogens is 1. The van der Waals surface area contributed by atoms with Crippen LogP contribution >= 0.6 is 7.82 Å². The van der Waals surface area contributed by atoms with Crippen molar-refractivity contribution in [2.75, 3.05) is 40.9 Å². The molecule has 0 aromatic carbocycles. The number of likely N-dealkylation sites (N-methyl/N-ethyl adjacent to an activating group) is 1. The van der Waals surface area contributed by atoms with Crippen molar-refractivity contribution in [3.05, 3.63) is 36.5 Å². The van der Waals surface area contributed by atoms with Crippen molar-refractivity contribution in [1.29, 1.82) is 0 Å². The van der Waals surface area contributed by atoms with Crippen LogP contribution in [0.2, 0.25) is 0 Å². The Morgan fingerprint density at radius 1 is 0.493 bits per heavy atom. The van der Waals surface area contributed by atoms with Crippen molar-refractivity contribution < 1.29 is 37.3 Å². The molecule has 3 atom stereocenters. The molecule has 69 heavy (non-hydrogen) atoms. The highest BCUT2D eigenvalue weighted by molar-refractivity contribution is 7.45. The van der Waals surface area contributed by atoms with Gasteiger partial charge in [-0.1, -0.05) is 218 Å². The lowest BCUT2D eigenvalue weighted by Crippen LogP contribution is -2.47. The van der Waals surface area contributed by atoms with Gasteiger partial charge in [-0.15, -0.1) is 0 Å². The molecule has 0 aromatic rings. The Morgan fingerprint density at radius 3 is 1.25 bits per heavy atom. The average Bonchev–Trinajstić information content (AvgIpc) is 3.31. The summed E-state index contributed by atoms with van der Waals surface area (Å²) < 4.78 is 30.2. The van der Waals surface area contributed by atoms with Gasteiger partial charge in [0.25, 0.3) is 7.82 Å². The first-order valence-corrected chi connectivity index (χ1v) is 30.8. The minimum atomic E-state index is -4.70. The third-order valence-electron chi connectivity index (χ3n) is 13.0. The van der Waals surface area contributed by atoms with Gasteiger partial charge < -0.3 is 28.5 Å². The predicted molar refractivity (Wildman–Crippen MR) is 293 cm³/mol. The number of phosphoric acid groups is 1. The third kappa shape index (κ3) is 51.0. The maximum atomic E-state index is 13.5. The van der Waals surface area contributed by atoms with Gasteiger partial charge in [0.15, 0.2) is 0 Å². The van der Waals surface area contributed by atoms with Gasteiger partial charge in [-0.2, -0.15) is 0 Å². The van der Waals surface area contributed by atoms with Gasteiger partial charge in [-0.25, -0.2) is 0 Å². The Balaban J connectivity index is 5.38. The predicted octanol–water partition coefficient (Wildman–Crippen LogP) is 16.9. The lowest BCUT2D eigenvalue weighted by atomic mass is 10.0. The number of ether oxygens (including phenoxy) is 1. The number of esters is 1.